The van der Waals surface area contributed by atoms with Crippen molar-refractivity contribution in [2.45, 2.75) is 6.04 Å². The highest BCUT2D eigenvalue weighted by atomic mass is 79.9. The van der Waals surface area contributed by atoms with Gasteiger partial charge in [0.25, 0.3) is 0 Å². The smallest absolute Gasteiger partial charge is 0.145 e. The summed E-state index contributed by atoms with van der Waals surface area (Å²) in [6, 6.07) is 6.76. The van der Waals surface area contributed by atoms with E-state index in [-0.39, 0.29) is 15.1 Å². The van der Waals surface area contributed by atoms with E-state index in [0.29, 0.717) is 10.6 Å². The van der Waals surface area contributed by atoms with Crippen molar-refractivity contribution in [1.82, 2.24) is 5.32 Å². The Morgan fingerprint density at radius 2 is 1.85 bits per heavy atom. The van der Waals surface area contributed by atoms with Crippen molar-refractivity contribution in [3.05, 3.63) is 67.6 Å². The van der Waals surface area contributed by atoms with Gasteiger partial charge < -0.3 is 5.32 Å². The highest BCUT2D eigenvalue weighted by Gasteiger charge is 2.24. The van der Waals surface area contributed by atoms with Crippen molar-refractivity contribution < 1.29 is 8.78 Å². The zero-order valence-corrected chi connectivity index (χ0v) is 13.5. The van der Waals surface area contributed by atoms with Gasteiger partial charge in [-0.05, 0) is 46.7 Å². The van der Waals surface area contributed by atoms with E-state index in [1.54, 1.807) is 25.2 Å². The Hall–Kier alpha value is -0.680. The van der Waals surface area contributed by atoms with Crippen LogP contribution >= 0.6 is 39.1 Å². The summed E-state index contributed by atoms with van der Waals surface area (Å²) in [5, 5.41) is 3.47. The van der Waals surface area contributed by atoms with Crippen LogP contribution in [0.15, 0.2) is 34.8 Å². The molecule has 2 rings (SSSR count). The van der Waals surface area contributed by atoms with Crippen LogP contribution in [0.4, 0.5) is 8.78 Å². The molecule has 0 aliphatic heterocycles. The van der Waals surface area contributed by atoms with Gasteiger partial charge in [0, 0.05) is 5.56 Å². The second kappa shape index (κ2) is 6.39. The maximum absolute atomic E-state index is 14.2. The molecule has 0 fully saturated rings. The quantitative estimate of drug-likeness (QED) is 0.708. The Morgan fingerprint density at radius 1 is 1.15 bits per heavy atom. The predicted molar refractivity (Wildman–Crippen MR) is 81.4 cm³/mol. The first-order valence-corrected chi connectivity index (χ1v) is 7.26. The molecule has 106 valence electrons. The Labute approximate surface area is 134 Å². The molecule has 6 heteroatoms. The standard InChI is InChI=1S/C14H10BrCl2F2N/c1-20-14(7-3-2-4-9(16)12(7)17)11-10(18)6-5-8(15)13(11)19/h2-6,14,20H,1H3. The van der Waals surface area contributed by atoms with Crippen molar-refractivity contribution in [3.63, 3.8) is 0 Å². The van der Waals surface area contributed by atoms with E-state index in [0.717, 1.165) is 0 Å². The summed E-state index contributed by atoms with van der Waals surface area (Å²) >= 11 is 15.1. The number of rotatable bonds is 3. The molecule has 0 aliphatic carbocycles. The average Bonchev–Trinajstić information content (AvgIpc) is 2.43. The Balaban J connectivity index is 2.65. The summed E-state index contributed by atoms with van der Waals surface area (Å²) < 4.78 is 28.4. The second-order valence-corrected chi connectivity index (χ2v) is 5.76. The normalized spacial score (nSPS) is 12.5. The first kappa shape index (κ1) is 15.7. The summed E-state index contributed by atoms with van der Waals surface area (Å²) in [6.07, 6.45) is 0. The first-order valence-electron chi connectivity index (χ1n) is 5.72. The van der Waals surface area contributed by atoms with Crippen LogP contribution < -0.4 is 5.32 Å². The van der Waals surface area contributed by atoms with Gasteiger partial charge in [0.05, 0.1) is 20.6 Å². The van der Waals surface area contributed by atoms with Gasteiger partial charge in [0.15, 0.2) is 0 Å². The molecule has 0 saturated heterocycles. The van der Waals surface area contributed by atoms with Crippen LogP contribution in [-0.4, -0.2) is 7.05 Å². The minimum Gasteiger partial charge on any atom is -0.309 e. The Bertz CT molecular complexity index is 649. The van der Waals surface area contributed by atoms with E-state index < -0.39 is 17.7 Å². The summed E-state index contributed by atoms with van der Waals surface area (Å²) in [6.45, 7) is 0. The van der Waals surface area contributed by atoms with E-state index in [1.807, 2.05) is 0 Å². The van der Waals surface area contributed by atoms with Gasteiger partial charge in [-0.3, -0.25) is 0 Å². The summed E-state index contributed by atoms with van der Waals surface area (Å²) in [5.74, 6) is -1.32. The monoisotopic (exact) mass is 379 g/mol. The number of hydrogen-bond donors (Lipinski definition) is 1. The Morgan fingerprint density at radius 3 is 2.50 bits per heavy atom. The third-order valence-electron chi connectivity index (χ3n) is 2.95. The lowest BCUT2D eigenvalue weighted by molar-refractivity contribution is 0.518. The van der Waals surface area contributed by atoms with E-state index in [9.17, 15) is 8.78 Å². The van der Waals surface area contributed by atoms with Crippen LogP contribution in [0.2, 0.25) is 10.0 Å². The molecule has 0 aliphatic rings. The average molecular weight is 381 g/mol. The molecule has 0 spiro atoms. The summed E-state index contributed by atoms with van der Waals surface area (Å²) in [7, 11) is 1.60. The second-order valence-electron chi connectivity index (χ2n) is 4.12. The minimum atomic E-state index is -0.737. The van der Waals surface area contributed by atoms with Crippen molar-refractivity contribution in [3.8, 4) is 0 Å². The molecular weight excluding hydrogens is 371 g/mol. The predicted octanol–water partition coefficient (Wildman–Crippen LogP) is 5.34. The van der Waals surface area contributed by atoms with E-state index in [2.05, 4.69) is 21.2 Å². The lowest BCUT2D eigenvalue weighted by atomic mass is 9.97. The minimum absolute atomic E-state index is 0.106. The molecule has 1 unspecified atom stereocenters. The molecule has 1 N–H and O–H groups in total. The molecule has 0 amide bonds. The van der Waals surface area contributed by atoms with Crippen molar-refractivity contribution >= 4 is 39.1 Å². The highest BCUT2D eigenvalue weighted by molar-refractivity contribution is 9.10. The molecule has 1 nitrogen and oxygen atoms in total. The summed E-state index contributed by atoms with van der Waals surface area (Å²) in [5.41, 5.74) is 0.406. The van der Waals surface area contributed by atoms with Crippen molar-refractivity contribution in [2.24, 2.45) is 0 Å². The lowest BCUT2D eigenvalue weighted by Crippen LogP contribution is -2.21. The molecule has 2 aromatic carbocycles. The van der Waals surface area contributed by atoms with Gasteiger partial charge in [-0.2, -0.15) is 0 Å². The topological polar surface area (TPSA) is 12.0 Å². The maximum atomic E-state index is 14.2. The zero-order valence-electron chi connectivity index (χ0n) is 10.4. The molecule has 0 saturated carbocycles. The first-order chi connectivity index (χ1) is 9.47. The molecule has 20 heavy (non-hydrogen) atoms. The maximum Gasteiger partial charge on any atom is 0.145 e. The van der Waals surface area contributed by atoms with Crippen LogP contribution in [-0.2, 0) is 0 Å². The van der Waals surface area contributed by atoms with Gasteiger partial charge >= 0.3 is 0 Å². The van der Waals surface area contributed by atoms with E-state index in [1.165, 1.54) is 12.1 Å². The molecule has 1 atom stereocenters. The van der Waals surface area contributed by atoms with Gasteiger partial charge in [0.2, 0.25) is 0 Å². The fraction of sp³-hybridized carbons (Fsp3) is 0.143. The fourth-order valence-corrected chi connectivity index (χ4v) is 2.77. The van der Waals surface area contributed by atoms with Crippen molar-refractivity contribution in [1.29, 1.82) is 0 Å². The highest BCUT2D eigenvalue weighted by Crippen LogP contribution is 2.36. The molecule has 0 aromatic heterocycles. The van der Waals surface area contributed by atoms with Crippen LogP contribution in [0.3, 0.4) is 0 Å². The number of halogens is 5. The van der Waals surface area contributed by atoms with Gasteiger partial charge in [-0.25, -0.2) is 8.78 Å². The van der Waals surface area contributed by atoms with E-state index in [4.69, 9.17) is 23.2 Å². The summed E-state index contributed by atoms with van der Waals surface area (Å²) in [4.78, 5) is 0. The third kappa shape index (κ3) is 2.84. The van der Waals surface area contributed by atoms with Gasteiger partial charge in [-0.15, -0.1) is 0 Å². The molecule has 0 heterocycles. The van der Waals surface area contributed by atoms with Crippen molar-refractivity contribution in [2.75, 3.05) is 7.05 Å². The molecule has 0 bridgehead atoms. The zero-order chi connectivity index (χ0) is 14.9. The van der Waals surface area contributed by atoms with E-state index >= 15 is 0 Å². The third-order valence-corrected chi connectivity index (χ3v) is 4.40. The molecular formula is C14H10BrCl2F2N. The number of nitrogens with one attached hydrogen (secondary N) is 1. The fourth-order valence-electron chi connectivity index (χ4n) is 2.01. The largest absolute Gasteiger partial charge is 0.309 e. The van der Waals surface area contributed by atoms with Crippen LogP contribution in [0.25, 0.3) is 0 Å². The van der Waals surface area contributed by atoms with Crippen LogP contribution in [0, 0.1) is 11.6 Å². The molecule has 0 radical (unpaired) electrons. The SMILES string of the molecule is CNC(c1cccc(Cl)c1Cl)c1c(F)ccc(Br)c1F. The van der Waals surface area contributed by atoms with Crippen LogP contribution in [0.1, 0.15) is 17.2 Å². The lowest BCUT2D eigenvalue weighted by Gasteiger charge is -2.20. The van der Waals surface area contributed by atoms with Crippen LogP contribution in [0.5, 0.6) is 0 Å². The van der Waals surface area contributed by atoms with Gasteiger partial charge in [0.1, 0.15) is 11.6 Å². The Kier molecular flexibility index (Phi) is 5.02. The van der Waals surface area contributed by atoms with Gasteiger partial charge in [-0.1, -0.05) is 35.3 Å². The molecule has 2 aromatic rings. The number of hydrogen-bond acceptors (Lipinski definition) is 1. The number of benzene rings is 2.